The zero-order chi connectivity index (χ0) is 33.0. The van der Waals surface area contributed by atoms with Gasteiger partial charge in [0.15, 0.2) is 0 Å². The highest BCUT2D eigenvalue weighted by Crippen LogP contribution is 2.36. The Morgan fingerprint density at radius 2 is 1.40 bits per heavy atom. The minimum absolute atomic E-state index is 0.0830. The lowest BCUT2D eigenvalue weighted by Crippen LogP contribution is -2.60. The predicted molar refractivity (Wildman–Crippen MR) is 181 cm³/mol. The summed E-state index contributed by atoms with van der Waals surface area (Å²) in [6.45, 7) is 23.2. The lowest BCUT2D eigenvalue weighted by atomic mass is 9.82. The molecule has 0 saturated carbocycles. The van der Waals surface area contributed by atoms with Gasteiger partial charge in [0.2, 0.25) is 5.91 Å². The van der Waals surface area contributed by atoms with Gasteiger partial charge >= 0.3 is 6.09 Å². The lowest BCUT2D eigenvalue weighted by molar-refractivity contribution is -0.141. The molecule has 2 fully saturated rings. The molecule has 2 atom stereocenters. The van der Waals surface area contributed by atoms with Gasteiger partial charge in [-0.1, -0.05) is 84.0 Å². The van der Waals surface area contributed by atoms with E-state index < -0.39 is 5.60 Å². The van der Waals surface area contributed by atoms with E-state index in [0.29, 0.717) is 32.7 Å². The fourth-order valence-electron chi connectivity index (χ4n) is 6.38. The maximum absolute atomic E-state index is 13.9. The molecular weight excluding hydrogens is 562 g/mol. The van der Waals surface area contributed by atoms with Gasteiger partial charge in [-0.25, -0.2) is 4.79 Å². The van der Waals surface area contributed by atoms with Crippen LogP contribution in [0.15, 0.2) is 54.6 Å². The van der Waals surface area contributed by atoms with Gasteiger partial charge in [-0.15, -0.1) is 0 Å². The van der Waals surface area contributed by atoms with E-state index >= 15 is 0 Å². The molecule has 2 heterocycles. The molecule has 2 saturated heterocycles. The van der Waals surface area contributed by atoms with E-state index in [9.17, 15) is 9.59 Å². The van der Waals surface area contributed by atoms with Crippen molar-refractivity contribution in [3.05, 3.63) is 65.7 Å². The van der Waals surface area contributed by atoms with Crippen LogP contribution in [0.25, 0.3) is 0 Å². The van der Waals surface area contributed by atoms with Crippen molar-refractivity contribution >= 4 is 12.0 Å². The summed E-state index contributed by atoms with van der Waals surface area (Å²) >= 11 is 0. The summed E-state index contributed by atoms with van der Waals surface area (Å²) in [4.78, 5) is 32.9. The Kier molecular flexibility index (Phi) is 10.9. The average Bonchev–Trinajstić information content (AvgIpc) is 2.96. The monoisotopic (exact) mass is 619 g/mol. The maximum Gasteiger partial charge on any atom is 0.410 e. The van der Waals surface area contributed by atoms with Crippen LogP contribution in [0.5, 0.6) is 5.75 Å². The highest BCUT2D eigenvalue weighted by Gasteiger charge is 2.41. The molecular formula is C38H57N3O4. The third-order valence-electron chi connectivity index (χ3n) is 8.81. The number of amides is 2. The molecule has 0 aliphatic carbocycles. The van der Waals surface area contributed by atoms with Gasteiger partial charge < -0.3 is 19.3 Å². The van der Waals surface area contributed by atoms with Crippen molar-refractivity contribution in [2.24, 2.45) is 16.7 Å². The third kappa shape index (κ3) is 9.96. The number of likely N-dealkylation sites (tertiary alicyclic amines) is 1. The van der Waals surface area contributed by atoms with E-state index in [1.165, 1.54) is 11.1 Å². The number of piperidine rings is 1. The predicted octanol–water partition coefficient (Wildman–Crippen LogP) is 7.80. The first-order valence-corrected chi connectivity index (χ1v) is 16.8. The second-order valence-corrected chi connectivity index (χ2v) is 16.3. The Bertz CT molecular complexity index is 1250. The van der Waals surface area contributed by atoms with E-state index in [2.05, 4.69) is 106 Å². The molecule has 45 heavy (non-hydrogen) atoms. The molecule has 7 heteroatoms. The standard InChI is InChI=1S/C38H57N3O4/c1-36(2,3)27-44-31-17-15-30(16-18-31)34(29-13-11-10-12-14-29)40-23-24-41(32(26-40)37(4,5)6)33(42)25-28-19-21-39(22-20-28)35(43)45-38(7,8)9/h10-18,28,32,34H,19-27H2,1-9H3. The molecule has 2 aromatic rings. The summed E-state index contributed by atoms with van der Waals surface area (Å²) in [5.74, 6) is 1.41. The molecule has 2 amide bonds. The normalized spacial score (nSPS) is 19.7. The molecule has 2 unspecified atom stereocenters. The number of ether oxygens (including phenoxy) is 2. The number of hydrogen-bond acceptors (Lipinski definition) is 5. The van der Waals surface area contributed by atoms with Gasteiger partial charge in [-0.2, -0.15) is 0 Å². The molecule has 2 aromatic carbocycles. The van der Waals surface area contributed by atoms with E-state index in [4.69, 9.17) is 9.47 Å². The molecule has 0 aromatic heterocycles. The lowest BCUT2D eigenvalue weighted by Gasteiger charge is -2.50. The average molecular weight is 620 g/mol. The first kappa shape index (κ1) is 34.8. The van der Waals surface area contributed by atoms with Crippen LogP contribution in [0.2, 0.25) is 0 Å². The minimum atomic E-state index is -0.503. The van der Waals surface area contributed by atoms with Crippen molar-refractivity contribution in [1.82, 2.24) is 14.7 Å². The van der Waals surface area contributed by atoms with E-state index in [-0.39, 0.29) is 40.8 Å². The smallest absolute Gasteiger partial charge is 0.410 e. The van der Waals surface area contributed by atoms with Crippen LogP contribution < -0.4 is 4.74 Å². The quantitative estimate of drug-likeness (QED) is 0.317. The second kappa shape index (κ2) is 14.1. The van der Waals surface area contributed by atoms with Crippen LogP contribution in [0, 0.1) is 16.7 Å². The number of benzene rings is 2. The topological polar surface area (TPSA) is 62.3 Å². The number of carbonyl (C=O) groups excluding carboxylic acids is 2. The fourth-order valence-corrected chi connectivity index (χ4v) is 6.38. The van der Waals surface area contributed by atoms with Crippen LogP contribution >= 0.6 is 0 Å². The summed E-state index contributed by atoms with van der Waals surface area (Å²) in [6.07, 6.45) is 1.94. The van der Waals surface area contributed by atoms with E-state index in [1.807, 2.05) is 20.8 Å². The van der Waals surface area contributed by atoms with E-state index in [1.54, 1.807) is 4.90 Å². The van der Waals surface area contributed by atoms with Gasteiger partial charge in [0, 0.05) is 45.2 Å². The summed E-state index contributed by atoms with van der Waals surface area (Å²) in [5.41, 5.74) is 2.00. The SMILES string of the molecule is CC(C)(C)COc1ccc(C(c2ccccc2)N2CCN(C(=O)CC3CCN(C(=O)OC(C)(C)C)CC3)C(C(C)(C)C)C2)cc1. The zero-order valence-electron chi connectivity index (χ0n) is 29.3. The van der Waals surface area contributed by atoms with Crippen LogP contribution in [-0.4, -0.2) is 77.7 Å². The highest BCUT2D eigenvalue weighted by molar-refractivity contribution is 5.77. The number of rotatable bonds is 7. The summed E-state index contributed by atoms with van der Waals surface area (Å²) in [7, 11) is 0. The fraction of sp³-hybridized carbons (Fsp3) is 0.632. The highest BCUT2D eigenvalue weighted by atomic mass is 16.6. The Balaban J connectivity index is 1.45. The summed E-state index contributed by atoms with van der Waals surface area (Å²) in [5, 5.41) is 0. The van der Waals surface area contributed by atoms with Crippen LogP contribution in [0.3, 0.4) is 0 Å². The molecule has 0 bridgehead atoms. The molecule has 2 aliphatic rings. The van der Waals surface area contributed by atoms with Gasteiger partial charge in [0.25, 0.3) is 0 Å². The van der Waals surface area contributed by atoms with Gasteiger partial charge in [0.1, 0.15) is 11.4 Å². The molecule has 7 nitrogen and oxygen atoms in total. The first-order chi connectivity index (χ1) is 21.0. The molecule has 4 rings (SSSR count). The molecule has 2 aliphatic heterocycles. The second-order valence-electron chi connectivity index (χ2n) is 16.3. The molecule has 0 spiro atoms. The van der Waals surface area contributed by atoms with Gasteiger partial charge in [-0.05, 0) is 73.6 Å². The van der Waals surface area contributed by atoms with Crippen molar-refractivity contribution in [2.45, 2.75) is 99.3 Å². The van der Waals surface area contributed by atoms with Gasteiger partial charge in [0.05, 0.1) is 12.6 Å². The first-order valence-electron chi connectivity index (χ1n) is 16.8. The number of hydrogen-bond donors (Lipinski definition) is 0. The van der Waals surface area contributed by atoms with E-state index in [0.717, 1.165) is 31.7 Å². The van der Waals surface area contributed by atoms with Crippen molar-refractivity contribution in [2.75, 3.05) is 39.3 Å². The van der Waals surface area contributed by atoms with Crippen molar-refractivity contribution < 1.29 is 19.1 Å². The minimum Gasteiger partial charge on any atom is -0.493 e. The Labute approximate surface area is 272 Å². The Morgan fingerprint density at radius 3 is 1.96 bits per heavy atom. The van der Waals surface area contributed by atoms with Crippen LogP contribution in [0.4, 0.5) is 4.79 Å². The molecule has 0 radical (unpaired) electrons. The molecule has 0 N–H and O–H groups in total. The van der Waals surface area contributed by atoms with Crippen molar-refractivity contribution in [3.8, 4) is 5.75 Å². The number of piperazine rings is 1. The molecule has 248 valence electrons. The zero-order valence-corrected chi connectivity index (χ0v) is 29.3. The van der Waals surface area contributed by atoms with Crippen LogP contribution in [0.1, 0.15) is 98.7 Å². The Hall–Kier alpha value is -3.06. The Morgan fingerprint density at radius 1 is 0.800 bits per heavy atom. The van der Waals surface area contributed by atoms with Crippen LogP contribution in [-0.2, 0) is 9.53 Å². The third-order valence-corrected chi connectivity index (χ3v) is 8.81. The maximum atomic E-state index is 13.9. The summed E-state index contributed by atoms with van der Waals surface area (Å²) in [6, 6.07) is 19.4. The largest absolute Gasteiger partial charge is 0.493 e. The van der Waals surface area contributed by atoms with Crippen molar-refractivity contribution in [1.29, 1.82) is 0 Å². The summed E-state index contributed by atoms with van der Waals surface area (Å²) < 4.78 is 11.6. The van der Waals surface area contributed by atoms with Crippen molar-refractivity contribution in [3.63, 3.8) is 0 Å². The number of carbonyl (C=O) groups is 2. The van der Waals surface area contributed by atoms with Gasteiger partial charge in [-0.3, -0.25) is 9.69 Å². The number of nitrogens with zero attached hydrogens (tertiary/aromatic N) is 3.